The molecule has 0 radical (unpaired) electrons. The molecule has 0 fully saturated rings. The normalized spacial score (nSPS) is 12.2. The molecular weight excluding hydrogens is 278 g/mol. The Hall–Kier alpha value is -2.54. The lowest BCUT2D eigenvalue weighted by Gasteiger charge is -2.27. The quantitative estimate of drug-likeness (QED) is 0.620. The number of hydrogen-bond donors (Lipinski definition) is 0. The van der Waals surface area contributed by atoms with Gasteiger partial charge in [-0.1, -0.05) is 67.3 Å². The maximum atomic E-state index is 3.88. The van der Waals surface area contributed by atoms with Crippen LogP contribution < -0.4 is 4.90 Å². The van der Waals surface area contributed by atoms with Gasteiger partial charge in [-0.15, -0.1) is 0 Å². The van der Waals surface area contributed by atoms with E-state index in [9.17, 15) is 0 Å². The van der Waals surface area contributed by atoms with Crippen LogP contribution in [0, 0.1) is 13.8 Å². The smallest absolute Gasteiger partial charge is 0.0444 e. The van der Waals surface area contributed by atoms with E-state index in [4.69, 9.17) is 0 Å². The zero-order valence-electron chi connectivity index (χ0n) is 14.5. The third-order valence-electron chi connectivity index (χ3n) is 4.22. The number of likely N-dealkylation sites (N-methyl/N-ethyl adjacent to an activating group) is 1. The number of anilines is 1. The van der Waals surface area contributed by atoms with Gasteiger partial charge < -0.3 is 4.90 Å². The van der Waals surface area contributed by atoms with E-state index in [0.29, 0.717) is 0 Å². The van der Waals surface area contributed by atoms with Gasteiger partial charge >= 0.3 is 0 Å². The summed E-state index contributed by atoms with van der Waals surface area (Å²) in [5.41, 5.74) is 7.37. The number of allylic oxidation sites excluding steroid dienone is 4. The molecule has 0 spiro atoms. The van der Waals surface area contributed by atoms with Gasteiger partial charge in [-0.2, -0.15) is 0 Å². The van der Waals surface area contributed by atoms with Crippen LogP contribution >= 0.6 is 0 Å². The van der Waals surface area contributed by atoms with Crippen LogP contribution in [0.5, 0.6) is 0 Å². The minimum Gasteiger partial charge on any atom is -0.344 e. The molecule has 0 aliphatic heterocycles. The predicted octanol–water partition coefficient (Wildman–Crippen LogP) is 5.91. The van der Waals surface area contributed by atoms with Crippen molar-refractivity contribution >= 4 is 11.3 Å². The lowest BCUT2D eigenvalue weighted by atomic mass is 9.99. The monoisotopic (exact) mass is 303 g/mol. The molecule has 0 saturated carbocycles. The first-order chi connectivity index (χ1) is 11.1. The molecule has 0 bridgehead atoms. The minimum absolute atomic E-state index is 1.17. The largest absolute Gasteiger partial charge is 0.344 e. The van der Waals surface area contributed by atoms with Crippen LogP contribution in [-0.2, 0) is 0 Å². The van der Waals surface area contributed by atoms with Crippen molar-refractivity contribution in [2.45, 2.75) is 20.8 Å². The van der Waals surface area contributed by atoms with Crippen molar-refractivity contribution in [2.75, 3.05) is 11.9 Å². The molecule has 0 amide bonds. The molecule has 0 N–H and O–H groups in total. The van der Waals surface area contributed by atoms with Crippen molar-refractivity contribution in [3.63, 3.8) is 0 Å². The van der Waals surface area contributed by atoms with Crippen molar-refractivity contribution in [1.82, 2.24) is 0 Å². The summed E-state index contributed by atoms with van der Waals surface area (Å²) in [4.78, 5) is 2.25. The molecular formula is C22H25N. The Morgan fingerprint density at radius 1 is 1.00 bits per heavy atom. The van der Waals surface area contributed by atoms with Crippen molar-refractivity contribution in [3.8, 4) is 0 Å². The molecule has 0 unspecified atom stereocenters. The third kappa shape index (κ3) is 3.62. The van der Waals surface area contributed by atoms with Gasteiger partial charge in [-0.3, -0.25) is 0 Å². The van der Waals surface area contributed by atoms with Crippen molar-refractivity contribution in [1.29, 1.82) is 0 Å². The molecule has 0 aromatic heterocycles. The first-order valence-electron chi connectivity index (χ1n) is 7.95. The van der Waals surface area contributed by atoms with Crippen LogP contribution in [0.3, 0.4) is 0 Å². The van der Waals surface area contributed by atoms with E-state index in [0.717, 1.165) is 0 Å². The van der Waals surface area contributed by atoms with Crippen molar-refractivity contribution < 1.29 is 0 Å². The summed E-state index contributed by atoms with van der Waals surface area (Å²) in [6.07, 6.45) is 6.08. The van der Waals surface area contributed by atoms with E-state index in [1.54, 1.807) is 0 Å². The highest BCUT2D eigenvalue weighted by Gasteiger charge is 2.15. The molecule has 0 atom stereocenters. The van der Waals surface area contributed by atoms with E-state index < -0.39 is 0 Å². The molecule has 1 nitrogen and oxygen atoms in total. The number of rotatable bonds is 5. The third-order valence-corrected chi connectivity index (χ3v) is 4.22. The van der Waals surface area contributed by atoms with Crippen LogP contribution in [0.15, 0.2) is 79.0 Å². The molecule has 0 aliphatic rings. The summed E-state index contributed by atoms with van der Waals surface area (Å²) in [6.45, 7) is 10.3. The SMILES string of the molecule is C=C/C=C(\C(=C/C)N(C)c1cccc(C)c1C)c1ccccc1. The summed E-state index contributed by atoms with van der Waals surface area (Å²) >= 11 is 0. The van der Waals surface area contributed by atoms with E-state index >= 15 is 0 Å². The lowest BCUT2D eigenvalue weighted by molar-refractivity contribution is 1.11. The zero-order valence-corrected chi connectivity index (χ0v) is 14.5. The molecule has 2 rings (SSSR count). The van der Waals surface area contributed by atoms with Crippen LogP contribution in [-0.4, -0.2) is 7.05 Å². The van der Waals surface area contributed by atoms with Gasteiger partial charge in [-0.05, 0) is 43.5 Å². The Morgan fingerprint density at radius 2 is 1.70 bits per heavy atom. The zero-order chi connectivity index (χ0) is 16.8. The van der Waals surface area contributed by atoms with Crippen LogP contribution in [0.4, 0.5) is 5.69 Å². The molecule has 2 aromatic carbocycles. The average Bonchev–Trinajstić information content (AvgIpc) is 2.58. The fraction of sp³-hybridized carbons (Fsp3) is 0.182. The molecule has 0 saturated heterocycles. The van der Waals surface area contributed by atoms with Crippen LogP contribution in [0.1, 0.15) is 23.6 Å². The molecule has 1 heteroatoms. The van der Waals surface area contributed by atoms with E-state index in [1.807, 2.05) is 12.1 Å². The van der Waals surface area contributed by atoms with Crippen LogP contribution in [0.2, 0.25) is 0 Å². The van der Waals surface area contributed by atoms with Crippen molar-refractivity contribution in [2.24, 2.45) is 0 Å². The van der Waals surface area contributed by atoms with Gasteiger partial charge in [0.2, 0.25) is 0 Å². The highest BCUT2D eigenvalue weighted by molar-refractivity contribution is 5.84. The van der Waals surface area contributed by atoms with Gasteiger partial charge in [0.05, 0.1) is 0 Å². The maximum Gasteiger partial charge on any atom is 0.0444 e. The van der Waals surface area contributed by atoms with E-state index in [1.165, 1.54) is 33.6 Å². The number of aryl methyl sites for hydroxylation is 1. The minimum atomic E-state index is 1.17. The fourth-order valence-electron chi connectivity index (χ4n) is 2.82. The highest BCUT2D eigenvalue weighted by atomic mass is 15.1. The lowest BCUT2D eigenvalue weighted by Crippen LogP contribution is -2.19. The second kappa shape index (κ2) is 7.64. The predicted molar refractivity (Wildman–Crippen MR) is 103 cm³/mol. The summed E-state index contributed by atoms with van der Waals surface area (Å²) in [5.74, 6) is 0. The molecule has 0 aliphatic carbocycles. The molecule has 23 heavy (non-hydrogen) atoms. The second-order valence-corrected chi connectivity index (χ2v) is 5.63. The van der Waals surface area contributed by atoms with Gasteiger partial charge in [0.25, 0.3) is 0 Å². The number of hydrogen-bond acceptors (Lipinski definition) is 1. The molecule has 118 valence electrons. The average molecular weight is 303 g/mol. The standard InChI is InChI=1S/C22H25N/c1-6-12-20(19-14-9-8-10-15-19)21(7-2)23(5)22-16-11-13-17(3)18(22)4/h6-16H,1H2,2-5H3/b20-12-,21-7+. The summed E-state index contributed by atoms with van der Waals surface area (Å²) in [7, 11) is 2.12. The van der Waals surface area contributed by atoms with E-state index in [2.05, 4.69) is 93.9 Å². The Labute approximate surface area is 140 Å². The Morgan fingerprint density at radius 3 is 2.30 bits per heavy atom. The first kappa shape index (κ1) is 16.8. The van der Waals surface area contributed by atoms with Gasteiger partial charge in [0.15, 0.2) is 0 Å². The van der Waals surface area contributed by atoms with Crippen molar-refractivity contribution in [3.05, 3.63) is 95.7 Å². The summed E-state index contributed by atoms with van der Waals surface area (Å²) in [6, 6.07) is 16.9. The number of benzene rings is 2. The second-order valence-electron chi connectivity index (χ2n) is 5.63. The van der Waals surface area contributed by atoms with Gasteiger partial charge in [-0.25, -0.2) is 0 Å². The van der Waals surface area contributed by atoms with Gasteiger partial charge in [0.1, 0.15) is 0 Å². The summed E-state index contributed by atoms with van der Waals surface area (Å²) in [5, 5.41) is 0. The van der Waals surface area contributed by atoms with Crippen LogP contribution in [0.25, 0.3) is 5.57 Å². The first-order valence-corrected chi connectivity index (χ1v) is 7.95. The maximum absolute atomic E-state index is 3.88. The number of nitrogens with zero attached hydrogens (tertiary/aromatic N) is 1. The fourth-order valence-corrected chi connectivity index (χ4v) is 2.82. The summed E-state index contributed by atoms with van der Waals surface area (Å²) < 4.78 is 0. The molecule has 2 aromatic rings. The Balaban J connectivity index is 2.51. The highest BCUT2D eigenvalue weighted by Crippen LogP contribution is 2.31. The topological polar surface area (TPSA) is 3.24 Å². The van der Waals surface area contributed by atoms with Gasteiger partial charge in [0, 0.05) is 24.0 Å². The Kier molecular flexibility index (Phi) is 5.59. The Bertz CT molecular complexity index is 736. The molecule has 0 heterocycles. The van der Waals surface area contributed by atoms with E-state index in [-0.39, 0.29) is 0 Å².